The van der Waals surface area contributed by atoms with E-state index in [4.69, 9.17) is 0 Å². The van der Waals surface area contributed by atoms with E-state index in [0.29, 0.717) is 13.0 Å². The molecule has 0 saturated carbocycles. The molecule has 0 unspecified atom stereocenters. The van der Waals surface area contributed by atoms with Crippen LogP contribution in [0.15, 0.2) is 60.7 Å². The van der Waals surface area contributed by atoms with Gasteiger partial charge in [0.1, 0.15) is 0 Å². The Balaban J connectivity index is 1.24. The Morgan fingerprint density at radius 3 is 2.31 bits per heavy atom. The van der Waals surface area contributed by atoms with Crippen molar-refractivity contribution >= 4 is 5.91 Å². The van der Waals surface area contributed by atoms with Gasteiger partial charge in [-0.25, -0.2) is 0 Å². The highest BCUT2D eigenvalue weighted by molar-refractivity contribution is 5.76. The van der Waals surface area contributed by atoms with Gasteiger partial charge in [0.2, 0.25) is 5.91 Å². The van der Waals surface area contributed by atoms with Crippen molar-refractivity contribution in [3.05, 3.63) is 72.1 Å². The normalized spacial score (nSPS) is 14.8. The Bertz CT molecular complexity index is 903. The van der Waals surface area contributed by atoms with E-state index in [9.17, 15) is 4.79 Å². The molecule has 3 aromatic rings. The van der Waals surface area contributed by atoms with Gasteiger partial charge < -0.3 is 4.90 Å². The molecule has 0 N–H and O–H groups in total. The summed E-state index contributed by atoms with van der Waals surface area (Å²) in [6.07, 6.45) is 2.46. The van der Waals surface area contributed by atoms with Gasteiger partial charge in [-0.15, -0.1) is 5.10 Å². The van der Waals surface area contributed by atoms with Crippen LogP contribution in [-0.2, 0) is 17.8 Å². The molecule has 0 aliphatic carbocycles. The molecule has 4 rings (SSSR count). The summed E-state index contributed by atoms with van der Waals surface area (Å²) in [5.74, 6) is 1.08. The highest BCUT2D eigenvalue weighted by Gasteiger charge is 2.22. The van der Waals surface area contributed by atoms with Crippen molar-refractivity contribution in [2.24, 2.45) is 0 Å². The lowest BCUT2D eigenvalue weighted by Crippen LogP contribution is -2.48. The summed E-state index contributed by atoms with van der Waals surface area (Å²) in [6.45, 7) is 3.88. The molecule has 7 heteroatoms. The highest BCUT2D eigenvalue weighted by atomic mass is 16.2. The van der Waals surface area contributed by atoms with Crippen LogP contribution in [0, 0.1) is 0 Å². The zero-order valence-corrected chi connectivity index (χ0v) is 16.5. The van der Waals surface area contributed by atoms with Gasteiger partial charge in [-0.1, -0.05) is 48.5 Å². The summed E-state index contributed by atoms with van der Waals surface area (Å²) in [6, 6.07) is 20.3. The molecule has 1 aromatic heterocycles. The second-order valence-corrected chi connectivity index (χ2v) is 7.34. The Morgan fingerprint density at radius 2 is 1.59 bits per heavy atom. The fraction of sp³-hybridized carbons (Fsp3) is 0.364. The minimum Gasteiger partial charge on any atom is -0.340 e. The molecule has 2 aromatic carbocycles. The van der Waals surface area contributed by atoms with E-state index >= 15 is 0 Å². The second-order valence-electron chi connectivity index (χ2n) is 7.34. The fourth-order valence-electron chi connectivity index (χ4n) is 3.68. The Kier molecular flexibility index (Phi) is 6.26. The number of nitrogens with zero attached hydrogens (tertiary/aromatic N) is 6. The number of tetrazole rings is 1. The number of hydrogen-bond acceptors (Lipinski definition) is 5. The molecular formula is C22H26N6O. The topological polar surface area (TPSA) is 67.2 Å². The summed E-state index contributed by atoms with van der Waals surface area (Å²) >= 11 is 0. The molecule has 1 amide bonds. The predicted octanol–water partition coefficient (Wildman–Crippen LogP) is 2.33. The predicted molar refractivity (Wildman–Crippen MR) is 110 cm³/mol. The molecule has 1 fully saturated rings. The van der Waals surface area contributed by atoms with Gasteiger partial charge in [-0.2, -0.15) is 4.68 Å². The average Bonchev–Trinajstić information content (AvgIpc) is 3.24. The van der Waals surface area contributed by atoms with E-state index in [1.807, 2.05) is 53.4 Å². The molecular weight excluding hydrogens is 364 g/mol. The first kappa shape index (κ1) is 19.3. The van der Waals surface area contributed by atoms with Crippen molar-refractivity contribution in [2.75, 3.05) is 26.2 Å². The van der Waals surface area contributed by atoms with Gasteiger partial charge in [0, 0.05) is 32.6 Å². The quantitative estimate of drug-likeness (QED) is 0.619. The van der Waals surface area contributed by atoms with Crippen LogP contribution in [-0.4, -0.2) is 62.1 Å². The van der Waals surface area contributed by atoms with Crippen molar-refractivity contribution in [1.29, 1.82) is 0 Å². The molecule has 29 heavy (non-hydrogen) atoms. The standard InChI is InChI=1S/C22H26N6O/c29-22(13-7-10-19-8-3-1-4-9-19)27-16-14-26(15-17-27)18-21-23-24-25-28(21)20-11-5-2-6-12-20/h1-6,8-9,11-12H,7,10,13-18H2. The average molecular weight is 390 g/mol. The van der Waals surface area contributed by atoms with Crippen molar-refractivity contribution in [3.63, 3.8) is 0 Å². The number of hydrogen-bond donors (Lipinski definition) is 0. The molecule has 0 atom stereocenters. The third-order valence-electron chi connectivity index (χ3n) is 5.32. The molecule has 1 aliphatic rings. The van der Waals surface area contributed by atoms with Crippen molar-refractivity contribution in [2.45, 2.75) is 25.8 Å². The summed E-state index contributed by atoms with van der Waals surface area (Å²) in [4.78, 5) is 16.8. The zero-order chi connectivity index (χ0) is 19.9. The minimum atomic E-state index is 0.259. The largest absolute Gasteiger partial charge is 0.340 e. The molecule has 0 spiro atoms. The maximum Gasteiger partial charge on any atom is 0.222 e. The number of para-hydroxylation sites is 1. The van der Waals surface area contributed by atoms with Crippen LogP contribution in [0.1, 0.15) is 24.2 Å². The van der Waals surface area contributed by atoms with Crippen LogP contribution in [0.4, 0.5) is 0 Å². The monoisotopic (exact) mass is 390 g/mol. The van der Waals surface area contributed by atoms with E-state index < -0.39 is 0 Å². The number of amides is 1. The van der Waals surface area contributed by atoms with Crippen LogP contribution in [0.25, 0.3) is 5.69 Å². The van der Waals surface area contributed by atoms with Gasteiger partial charge in [-0.05, 0) is 41.0 Å². The van der Waals surface area contributed by atoms with Gasteiger partial charge >= 0.3 is 0 Å². The zero-order valence-electron chi connectivity index (χ0n) is 16.5. The maximum atomic E-state index is 12.5. The Labute approximate surface area is 170 Å². The number of benzene rings is 2. The molecule has 1 aliphatic heterocycles. The van der Waals surface area contributed by atoms with Crippen molar-refractivity contribution in [3.8, 4) is 5.69 Å². The van der Waals surface area contributed by atoms with Crippen LogP contribution < -0.4 is 0 Å². The van der Waals surface area contributed by atoms with E-state index in [1.54, 1.807) is 4.68 Å². The number of rotatable bonds is 7. The number of carbonyl (C=O) groups is 1. The smallest absolute Gasteiger partial charge is 0.222 e. The molecule has 1 saturated heterocycles. The molecule has 0 bridgehead atoms. The summed E-state index contributed by atoms with van der Waals surface area (Å²) in [5, 5.41) is 12.1. The fourth-order valence-corrected chi connectivity index (χ4v) is 3.68. The first-order valence-corrected chi connectivity index (χ1v) is 10.2. The summed E-state index contributed by atoms with van der Waals surface area (Å²) in [5.41, 5.74) is 2.25. The second kappa shape index (κ2) is 9.43. The summed E-state index contributed by atoms with van der Waals surface area (Å²) < 4.78 is 1.78. The van der Waals surface area contributed by atoms with Gasteiger partial charge in [0.05, 0.1) is 12.2 Å². The molecule has 2 heterocycles. The molecule has 0 radical (unpaired) electrons. The van der Waals surface area contributed by atoms with Gasteiger partial charge in [-0.3, -0.25) is 9.69 Å². The van der Waals surface area contributed by atoms with Crippen LogP contribution in [0.3, 0.4) is 0 Å². The number of aromatic nitrogens is 4. The lowest BCUT2D eigenvalue weighted by atomic mass is 10.1. The number of piperazine rings is 1. The van der Waals surface area contributed by atoms with Crippen LogP contribution in [0.5, 0.6) is 0 Å². The van der Waals surface area contributed by atoms with Crippen molar-refractivity contribution < 1.29 is 4.79 Å². The van der Waals surface area contributed by atoms with E-state index in [-0.39, 0.29) is 5.91 Å². The van der Waals surface area contributed by atoms with Gasteiger partial charge in [0.15, 0.2) is 5.82 Å². The Hall–Kier alpha value is -3.06. The van der Waals surface area contributed by atoms with Crippen LogP contribution >= 0.6 is 0 Å². The maximum absolute atomic E-state index is 12.5. The first-order chi connectivity index (χ1) is 14.3. The molecule has 150 valence electrons. The van der Waals surface area contributed by atoms with E-state index in [0.717, 1.165) is 50.5 Å². The van der Waals surface area contributed by atoms with Crippen LogP contribution in [0.2, 0.25) is 0 Å². The third-order valence-corrected chi connectivity index (χ3v) is 5.32. The lowest BCUT2D eigenvalue weighted by Gasteiger charge is -2.34. The number of aryl methyl sites for hydroxylation is 1. The molecule has 7 nitrogen and oxygen atoms in total. The van der Waals surface area contributed by atoms with E-state index in [2.05, 4.69) is 32.6 Å². The lowest BCUT2D eigenvalue weighted by molar-refractivity contribution is -0.133. The Morgan fingerprint density at radius 1 is 0.897 bits per heavy atom. The van der Waals surface area contributed by atoms with Gasteiger partial charge in [0.25, 0.3) is 0 Å². The minimum absolute atomic E-state index is 0.259. The SMILES string of the molecule is O=C(CCCc1ccccc1)N1CCN(Cc2nnnn2-c2ccccc2)CC1. The third kappa shape index (κ3) is 5.06. The highest BCUT2D eigenvalue weighted by Crippen LogP contribution is 2.12. The van der Waals surface area contributed by atoms with Crippen molar-refractivity contribution in [1.82, 2.24) is 30.0 Å². The number of carbonyl (C=O) groups excluding carboxylic acids is 1. The first-order valence-electron chi connectivity index (χ1n) is 10.2. The van der Waals surface area contributed by atoms with E-state index in [1.165, 1.54) is 5.56 Å². The summed E-state index contributed by atoms with van der Waals surface area (Å²) in [7, 11) is 0.